The van der Waals surface area contributed by atoms with Crippen LogP contribution in [0.5, 0.6) is 0 Å². The number of alkyl halides is 4. The van der Waals surface area contributed by atoms with E-state index in [2.05, 4.69) is 42.5 Å². The summed E-state index contributed by atoms with van der Waals surface area (Å²) in [5.41, 5.74) is -0.967. The molecule has 0 radical (unpaired) electrons. The minimum Gasteiger partial charge on any atom is -0.320 e. The van der Waals surface area contributed by atoms with E-state index >= 15 is 0 Å². The molecule has 2 amide bonds. The lowest BCUT2D eigenvalue weighted by Gasteiger charge is -2.35. The number of nitrogens with one attached hydrogen (secondary N) is 2. The minimum atomic E-state index is -0.967. The Kier molecular flexibility index (Phi) is 11.6. The van der Waals surface area contributed by atoms with Crippen molar-refractivity contribution in [1.82, 2.24) is 15.9 Å². The number of halogens is 4. The first-order valence-electron chi connectivity index (χ1n) is 5.95. The molecule has 0 saturated heterocycles. The predicted octanol–water partition coefficient (Wildman–Crippen LogP) is 2.60. The Morgan fingerprint density at radius 3 is 2.05 bits per heavy atom. The van der Waals surface area contributed by atoms with E-state index < -0.39 is 17.7 Å². The van der Waals surface area contributed by atoms with E-state index in [9.17, 15) is 9.59 Å². The molecule has 0 unspecified atom stereocenters. The van der Waals surface area contributed by atoms with Gasteiger partial charge in [-0.15, -0.1) is 23.2 Å². The van der Waals surface area contributed by atoms with Crippen molar-refractivity contribution in [1.29, 1.82) is 0 Å². The minimum absolute atomic E-state index is 0.0334. The molecule has 7 nitrogen and oxygen atoms in total. The van der Waals surface area contributed by atoms with Crippen LogP contribution in [0.25, 0.3) is 0 Å². The molecule has 0 atom stereocenters. The van der Waals surface area contributed by atoms with Gasteiger partial charge in [-0.05, 0) is 6.92 Å². The van der Waals surface area contributed by atoms with Crippen LogP contribution in [0.2, 0.25) is 0 Å². The van der Waals surface area contributed by atoms with Crippen LogP contribution < -0.4 is 10.6 Å². The van der Waals surface area contributed by atoms with Gasteiger partial charge in [-0.2, -0.15) is 0 Å². The zero-order valence-electron chi connectivity index (χ0n) is 11.3. The lowest BCUT2D eigenvalue weighted by atomic mass is 10.1. The molecule has 0 heterocycles. The first-order chi connectivity index (χ1) is 9.99. The number of nitrogens with zero attached hydrogens (tertiary/aromatic N) is 1. The Morgan fingerprint density at radius 1 is 1.14 bits per heavy atom. The van der Waals surface area contributed by atoms with Crippen LogP contribution in [0.4, 0.5) is 9.59 Å². The van der Waals surface area contributed by atoms with Gasteiger partial charge in [-0.1, -0.05) is 31.9 Å². The summed E-state index contributed by atoms with van der Waals surface area (Å²) in [6, 6.07) is 0. The molecular formula is C10H17Br2Cl2N3O4. The fourth-order valence-electron chi connectivity index (χ4n) is 0.975. The van der Waals surface area contributed by atoms with Crippen LogP contribution in [-0.4, -0.2) is 58.5 Å². The number of amides is 2. The molecule has 0 aliphatic rings. The Labute approximate surface area is 150 Å². The Bertz CT molecular complexity index is 327. The van der Waals surface area contributed by atoms with E-state index in [1.807, 2.05) is 0 Å². The number of hydroxylamine groups is 2. The number of hydrogen-bond acceptors (Lipinski definition) is 5. The molecule has 124 valence electrons. The average Bonchev–Trinajstić information content (AvgIpc) is 2.47. The van der Waals surface area contributed by atoms with Gasteiger partial charge in [0.15, 0.2) is 0 Å². The molecule has 0 rings (SSSR count). The highest BCUT2D eigenvalue weighted by atomic mass is 79.9. The third-order valence-corrected chi connectivity index (χ3v) is 4.92. The summed E-state index contributed by atoms with van der Waals surface area (Å²) in [6.45, 7) is 2.30. The van der Waals surface area contributed by atoms with Crippen molar-refractivity contribution in [3.63, 3.8) is 0 Å². The highest BCUT2D eigenvalue weighted by molar-refractivity contribution is 9.09. The SMILES string of the molecule is CCNC(=O)ON(OC(=O)NCCCl)C(CCl)(CBr)CBr. The molecule has 0 saturated carbocycles. The zero-order valence-corrected chi connectivity index (χ0v) is 16.0. The standard InChI is InChI=1S/C10H17Br2Cl2N3O4/c1-2-15-8(18)20-17(10(5-11,6-12)7-14)21-9(19)16-4-3-13/h2-7H2,1H3,(H,15,18)(H,16,19). The van der Waals surface area contributed by atoms with Crippen molar-refractivity contribution in [2.24, 2.45) is 0 Å². The number of hydrogen-bond donors (Lipinski definition) is 2. The van der Waals surface area contributed by atoms with Crippen LogP contribution in [0, 0.1) is 0 Å². The van der Waals surface area contributed by atoms with E-state index in [-0.39, 0.29) is 29.0 Å². The number of carbonyl (C=O) groups excluding carboxylic acids is 2. The molecule has 0 aliphatic carbocycles. The molecule has 0 aliphatic heterocycles. The van der Waals surface area contributed by atoms with Crippen molar-refractivity contribution in [3.05, 3.63) is 0 Å². The summed E-state index contributed by atoms with van der Waals surface area (Å²) in [5.74, 6) is 0.259. The van der Waals surface area contributed by atoms with E-state index in [1.54, 1.807) is 6.92 Å². The summed E-state index contributed by atoms with van der Waals surface area (Å²) in [4.78, 5) is 33.2. The van der Waals surface area contributed by atoms with Gasteiger partial charge in [0.2, 0.25) is 0 Å². The largest absolute Gasteiger partial charge is 0.429 e. The molecule has 0 spiro atoms. The monoisotopic (exact) mass is 471 g/mol. The summed E-state index contributed by atoms with van der Waals surface area (Å²) < 4.78 is 0. The first kappa shape index (κ1) is 21.0. The van der Waals surface area contributed by atoms with Crippen LogP contribution in [0.15, 0.2) is 0 Å². The summed E-state index contributed by atoms with van der Waals surface area (Å²) in [6.07, 6.45) is -1.57. The van der Waals surface area contributed by atoms with Gasteiger partial charge < -0.3 is 20.3 Å². The Morgan fingerprint density at radius 2 is 1.67 bits per heavy atom. The Hall–Kier alpha value is 0.0400. The van der Waals surface area contributed by atoms with E-state index in [1.165, 1.54) is 0 Å². The lowest BCUT2D eigenvalue weighted by molar-refractivity contribution is -0.336. The maximum absolute atomic E-state index is 11.6. The van der Waals surface area contributed by atoms with Gasteiger partial charge in [0.25, 0.3) is 0 Å². The summed E-state index contributed by atoms with van der Waals surface area (Å²) in [5, 5.41) is 6.17. The smallest absolute Gasteiger partial charge is 0.320 e. The van der Waals surface area contributed by atoms with Crippen molar-refractivity contribution >= 4 is 67.2 Å². The van der Waals surface area contributed by atoms with Crippen molar-refractivity contribution in [2.45, 2.75) is 12.5 Å². The molecule has 0 bridgehead atoms. The molecule has 2 N–H and O–H groups in total. The molecular weight excluding hydrogens is 457 g/mol. The highest BCUT2D eigenvalue weighted by Crippen LogP contribution is 2.24. The normalized spacial score (nSPS) is 11.1. The molecule has 0 aromatic rings. The van der Waals surface area contributed by atoms with Crippen molar-refractivity contribution in [2.75, 3.05) is 35.5 Å². The third-order valence-electron chi connectivity index (χ3n) is 2.15. The van der Waals surface area contributed by atoms with Gasteiger partial charge in [-0.3, -0.25) is 0 Å². The second kappa shape index (κ2) is 11.6. The molecule has 0 aromatic heterocycles. The average molecular weight is 474 g/mol. The maximum atomic E-state index is 11.6. The van der Waals surface area contributed by atoms with E-state index in [0.29, 0.717) is 6.54 Å². The van der Waals surface area contributed by atoms with Crippen molar-refractivity contribution in [3.8, 4) is 0 Å². The molecule has 21 heavy (non-hydrogen) atoms. The molecule has 0 aromatic carbocycles. The fourth-order valence-corrected chi connectivity index (χ4v) is 3.55. The lowest BCUT2D eigenvalue weighted by Crippen LogP contribution is -2.56. The number of carbonyl (C=O) groups is 2. The Balaban J connectivity index is 4.98. The second-order valence-corrected chi connectivity index (χ2v) is 5.55. The maximum Gasteiger partial charge on any atom is 0.429 e. The molecule has 11 heteroatoms. The van der Waals surface area contributed by atoms with Gasteiger partial charge in [0, 0.05) is 40.7 Å². The topological polar surface area (TPSA) is 79.9 Å². The van der Waals surface area contributed by atoms with E-state index in [0.717, 1.165) is 5.23 Å². The number of rotatable bonds is 9. The first-order valence-corrected chi connectivity index (χ1v) is 9.26. The van der Waals surface area contributed by atoms with Crippen LogP contribution >= 0.6 is 55.1 Å². The quantitative estimate of drug-likeness (QED) is 0.397. The van der Waals surface area contributed by atoms with Crippen molar-refractivity contribution < 1.29 is 19.3 Å². The van der Waals surface area contributed by atoms with Crippen LogP contribution in [0.3, 0.4) is 0 Å². The van der Waals surface area contributed by atoms with E-state index in [4.69, 9.17) is 32.9 Å². The predicted molar refractivity (Wildman–Crippen MR) is 88.2 cm³/mol. The highest BCUT2D eigenvalue weighted by Gasteiger charge is 2.41. The second-order valence-electron chi connectivity index (χ2n) is 3.79. The van der Waals surface area contributed by atoms with Crippen LogP contribution in [0.1, 0.15) is 6.92 Å². The zero-order chi connectivity index (χ0) is 16.3. The fraction of sp³-hybridized carbons (Fsp3) is 0.800. The molecule has 0 fully saturated rings. The van der Waals surface area contributed by atoms with Gasteiger partial charge in [0.05, 0.1) is 0 Å². The van der Waals surface area contributed by atoms with Gasteiger partial charge >= 0.3 is 12.2 Å². The summed E-state index contributed by atoms with van der Waals surface area (Å²) in [7, 11) is 0. The van der Waals surface area contributed by atoms with Gasteiger partial charge in [0.1, 0.15) is 5.54 Å². The van der Waals surface area contributed by atoms with Crippen LogP contribution in [-0.2, 0) is 9.68 Å². The summed E-state index contributed by atoms with van der Waals surface area (Å²) >= 11 is 17.9. The van der Waals surface area contributed by atoms with Gasteiger partial charge in [-0.25, -0.2) is 9.59 Å². The third kappa shape index (κ3) is 7.23.